The SMILES string of the molecule is O=C(O)C1(c2ccc3n[nH]nc3c2)CCCCC1. The summed E-state index contributed by atoms with van der Waals surface area (Å²) in [5.41, 5.74) is 1.63. The highest BCUT2D eigenvalue weighted by atomic mass is 16.4. The lowest BCUT2D eigenvalue weighted by Crippen LogP contribution is -2.37. The van der Waals surface area contributed by atoms with Gasteiger partial charge in [0, 0.05) is 0 Å². The number of aliphatic carboxylic acids is 1. The van der Waals surface area contributed by atoms with Crippen molar-refractivity contribution in [2.75, 3.05) is 0 Å². The second kappa shape index (κ2) is 4.08. The number of nitrogens with zero attached hydrogens (tertiary/aromatic N) is 2. The molecule has 3 rings (SSSR count). The van der Waals surface area contributed by atoms with Crippen molar-refractivity contribution >= 4 is 17.0 Å². The fourth-order valence-electron chi connectivity index (χ4n) is 2.92. The van der Waals surface area contributed by atoms with E-state index in [0.29, 0.717) is 12.8 Å². The highest BCUT2D eigenvalue weighted by Gasteiger charge is 2.41. The maximum atomic E-state index is 11.7. The third-order valence-electron chi connectivity index (χ3n) is 3.99. The molecule has 0 aliphatic heterocycles. The lowest BCUT2D eigenvalue weighted by atomic mass is 9.69. The van der Waals surface area contributed by atoms with E-state index in [0.717, 1.165) is 35.9 Å². The van der Waals surface area contributed by atoms with Gasteiger partial charge >= 0.3 is 5.97 Å². The van der Waals surface area contributed by atoms with Crippen molar-refractivity contribution in [1.29, 1.82) is 0 Å². The molecule has 5 nitrogen and oxygen atoms in total. The molecule has 1 aliphatic rings. The van der Waals surface area contributed by atoms with Gasteiger partial charge in [0.05, 0.1) is 5.41 Å². The van der Waals surface area contributed by atoms with Crippen LogP contribution < -0.4 is 0 Å². The number of hydrogen-bond acceptors (Lipinski definition) is 3. The van der Waals surface area contributed by atoms with E-state index in [1.165, 1.54) is 0 Å². The number of aromatic nitrogens is 3. The zero-order chi connectivity index (χ0) is 12.6. The molecule has 0 amide bonds. The Bertz CT molecular complexity index is 585. The molecule has 1 saturated carbocycles. The van der Waals surface area contributed by atoms with Gasteiger partial charge in [-0.3, -0.25) is 4.79 Å². The van der Waals surface area contributed by atoms with Crippen molar-refractivity contribution in [1.82, 2.24) is 15.4 Å². The number of nitrogens with one attached hydrogen (secondary N) is 1. The summed E-state index contributed by atoms with van der Waals surface area (Å²) in [5.74, 6) is -0.718. The summed E-state index contributed by atoms with van der Waals surface area (Å²) in [6.45, 7) is 0. The van der Waals surface area contributed by atoms with Crippen LogP contribution in [0.25, 0.3) is 11.0 Å². The first kappa shape index (κ1) is 11.2. The number of benzene rings is 1. The van der Waals surface area contributed by atoms with Gasteiger partial charge in [0.2, 0.25) is 0 Å². The molecule has 5 heteroatoms. The minimum atomic E-state index is -0.731. The summed E-state index contributed by atoms with van der Waals surface area (Å²) in [6, 6.07) is 5.58. The van der Waals surface area contributed by atoms with Crippen molar-refractivity contribution in [2.24, 2.45) is 0 Å². The first-order chi connectivity index (χ1) is 8.72. The molecule has 0 radical (unpaired) electrons. The van der Waals surface area contributed by atoms with Crippen LogP contribution in [0.3, 0.4) is 0 Å². The number of aromatic amines is 1. The summed E-state index contributed by atoms with van der Waals surface area (Å²) >= 11 is 0. The molecule has 0 bridgehead atoms. The van der Waals surface area contributed by atoms with E-state index in [9.17, 15) is 9.90 Å². The Hall–Kier alpha value is -1.91. The van der Waals surface area contributed by atoms with Crippen LogP contribution in [0.15, 0.2) is 18.2 Å². The Balaban J connectivity index is 2.11. The molecule has 94 valence electrons. The molecule has 0 unspecified atom stereocenters. The monoisotopic (exact) mass is 245 g/mol. The number of fused-ring (bicyclic) bond motifs is 1. The van der Waals surface area contributed by atoms with Crippen molar-refractivity contribution in [2.45, 2.75) is 37.5 Å². The summed E-state index contributed by atoms with van der Waals surface area (Å²) < 4.78 is 0. The van der Waals surface area contributed by atoms with Gasteiger partial charge in [0.15, 0.2) is 0 Å². The second-order valence-electron chi connectivity index (χ2n) is 4.98. The maximum absolute atomic E-state index is 11.7. The largest absolute Gasteiger partial charge is 0.481 e. The molecular formula is C13H15N3O2. The number of hydrogen-bond donors (Lipinski definition) is 2. The predicted octanol–water partition coefficient (Wildman–Crippen LogP) is 2.24. The quantitative estimate of drug-likeness (QED) is 0.850. The van der Waals surface area contributed by atoms with Gasteiger partial charge in [-0.25, -0.2) is 0 Å². The van der Waals surface area contributed by atoms with E-state index in [1.807, 2.05) is 18.2 Å². The fraction of sp³-hybridized carbons (Fsp3) is 0.462. The lowest BCUT2D eigenvalue weighted by Gasteiger charge is -2.33. The average molecular weight is 245 g/mol. The fourth-order valence-corrected chi connectivity index (χ4v) is 2.92. The standard InChI is InChI=1S/C13H15N3O2/c17-12(18)13(6-2-1-3-7-13)9-4-5-10-11(8-9)15-16-14-10/h4-5,8H,1-3,6-7H2,(H,17,18)(H,14,15,16). The molecule has 0 atom stereocenters. The van der Waals surface area contributed by atoms with E-state index in [4.69, 9.17) is 0 Å². The first-order valence-electron chi connectivity index (χ1n) is 6.27. The van der Waals surface area contributed by atoms with Crippen molar-refractivity contribution in [3.63, 3.8) is 0 Å². The average Bonchev–Trinajstić information content (AvgIpc) is 2.86. The van der Waals surface area contributed by atoms with Crippen molar-refractivity contribution in [3.05, 3.63) is 23.8 Å². The molecule has 1 aromatic heterocycles. The van der Waals surface area contributed by atoms with E-state index < -0.39 is 11.4 Å². The van der Waals surface area contributed by atoms with Crippen LogP contribution in [0, 0.1) is 0 Å². The molecule has 1 heterocycles. The molecular weight excluding hydrogens is 230 g/mol. The first-order valence-corrected chi connectivity index (χ1v) is 6.27. The Morgan fingerprint density at radius 3 is 2.61 bits per heavy atom. The van der Waals surface area contributed by atoms with Gasteiger partial charge in [-0.1, -0.05) is 25.3 Å². The van der Waals surface area contributed by atoms with Gasteiger partial charge in [-0.2, -0.15) is 15.4 Å². The molecule has 1 aliphatic carbocycles. The minimum Gasteiger partial charge on any atom is -0.481 e. The Morgan fingerprint density at radius 2 is 1.89 bits per heavy atom. The van der Waals surface area contributed by atoms with Gasteiger partial charge in [-0.15, -0.1) is 0 Å². The highest BCUT2D eigenvalue weighted by molar-refractivity contribution is 5.84. The Morgan fingerprint density at radius 1 is 1.17 bits per heavy atom. The van der Waals surface area contributed by atoms with Crippen LogP contribution in [0.1, 0.15) is 37.7 Å². The van der Waals surface area contributed by atoms with Crippen LogP contribution in [0.5, 0.6) is 0 Å². The molecule has 2 aromatic rings. The normalized spacial score (nSPS) is 18.9. The number of rotatable bonds is 2. The Kier molecular flexibility index (Phi) is 2.54. The van der Waals surface area contributed by atoms with Crippen LogP contribution in [0.2, 0.25) is 0 Å². The summed E-state index contributed by atoms with van der Waals surface area (Å²) in [4.78, 5) is 11.7. The van der Waals surface area contributed by atoms with Crippen LogP contribution in [0.4, 0.5) is 0 Å². The topological polar surface area (TPSA) is 78.9 Å². The van der Waals surface area contributed by atoms with E-state index in [1.54, 1.807) is 0 Å². The van der Waals surface area contributed by atoms with E-state index >= 15 is 0 Å². The smallest absolute Gasteiger partial charge is 0.314 e. The summed E-state index contributed by atoms with van der Waals surface area (Å²) in [5, 5.41) is 20.2. The number of carbonyl (C=O) groups is 1. The third kappa shape index (κ3) is 1.58. The zero-order valence-corrected chi connectivity index (χ0v) is 10.0. The predicted molar refractivity (Wildman–Crippen MR) is 66.3 cm³/mol. The highest BCUT2D eigenvalue weighted by Crippen LogP contribution is 2.40. The van der Waals surface area contributed by atoms with Crippen LogP contribution in [-0.4, -0.2) is 26.5 Å². The molecule has 0 spiro atoms. The third-order valence-corrected chi connectivity index (χ3v) is 3.99. The van der Waals surface area contributed by atoms with E-state index in [2.05, 4.69) is 15.4 Å². The number of H-pyrrole nitrogens is 1. The lowest BCUT2D eigenvalue weighted by molar-refractivity contribution is -0.145. The van der Waals surface area contributed by atoms with Crippen molar-refractivity contribution in [3.8, 4) is 0 Å². The van der Waals surface area contributed by atoms with Gasteiger partial charge in [-0.05, 0) is 30.5 Å². The van der Waals surface area contributed by atoms with Gasteiger partial charge < -0.3 is 5.11 Å². The van der Waals surface area contributed by atoms with Gasteiger partial charge in [0.1, 0.15) is 11.0 Å². The summed E-state index contributed by atoms with van der Waals surface area (Å²) in [7, 11) is 0. The van der Waals surface area contributed by atoms with Gasteiger partial charge in [0.25, 0.3) is 0 Å². The zero-order valence-electron chi connectivity index (χ0n) is 10.0. The molecule has 18 heavy (non-hydrogen) atoms. The molecule has 1 fully saturated rings. The second-order valence-corrected chi connectivity index (χ2v) is 4.98. The number of carboxylic acid groups (broad SMARTS) is 1. The Labute approximate surface area is 104 Å². The molecule has 0 saturated heterocycles. The van der Waals surface area contributed by atoms with E-state index in [-0.39, 0.29) is 0 Å². The summed E-state index contributed by atoms with van der Waals surface area (Å²) in [6.07, 6.45) is 4.50. The van der Waals surface area contributed by atoms with Crippen molar-refractivity contribution < 1.29 is 9.90 Å². The van der Waals surface area contributed by atoms with Crippen LogP contribution in [-0.2, 0) is 10.2 Å². The van der Waals surface area contributed by atoms with Crippen LogP contribution >= 0.6 is 0 Å². The molecule has 1 aromatic carbocycles. The minimum absolute atomic E-state index is 0.714. The molecule has 2 N–H and O–H groups in total. The number of carboxylic acids is 1. The maximum Gasteiger partial charge on any atom is 0.314 e.